The lowest BCUT2D eigenvalue weighted by Gasteiger charge is -2.30. The van der Waals surface area contributed by atoms with Gasteiger partial charge in [0.05, 0.1) is 13.2 Å². The number of methoxy groups -OCH3 is 1. The van der Waals surface area contributed by atoms with Crippen molar-refractivity contribution >= 4 is 29.9 Å². The van der Waals surface area contributed by atoms with Gasteiger partial charge in [0.2, 0.25) is 0 Å². The molecule has 1 aromatic heterocycles. The average Bonchev–Trinajstić information content (AvgIpc) is 3.58. The number of nitrogens with one attached hydrogen (secondary N) is 2. The fourth-order valence-corrected chi connectivity index (χ4v) is 4.78. The summed E-state index contributed by atoms with van der Waals surface area (Å²) in [7, 11) is 3.74. The number of hydrogen-bond acceptors (Lipinski definition) is 5. The van der Waals surface area contributed by atoms with E-state index >= 15 is 0 Å². The Labute approximate surface area is 214 Å². The highest BCUT2D eigenvalue weighted by Gasteiger charge is 2.26. The summed E-state index contributed by atoms with van der Waals surface area (Å²) >= 11 is 0. The van der Waals surface area contributed by atoms with Gasteiger partial charge in [-0.25, -0.2) is 4.99 Å². The fraction of sp³-hybridized carbons (Fsp3) is 0.625. The second kappa shape index (κ2) is 12.5. The molecule has 2 N–H and O–H groups in total. The van der Waals surface area contributed by atoms with Crippen LogP contribution in [0, 0.1) is 6.92 Å². The van der Waals surface area contributed by atoms with E-state index in [1.807, 2.05) is 24.6 Å². The molecule has 1 unspecified atom stereocenters. The van der Waals surface area contributed by atoms with E-state index in [1.165, 1.54) is 44.1 Å². The summed E-state index contributed by atoms with van der Waals surface area (Å²) in [4.78, 5) is 7.45. The molecule has 33 heavy (non-hydrogen) atoms. The molecule has 9 heteroatoms. The van der Waals surface area contributed by atoms with Crippen LogP contribution in [-0.2, 0) is 13.6 Å². The first-order valence-corrected chi connectivity index (χ1v) is 11.9. The Bertz CT molecular complexity index is 904. The molecule has 1 atom stereocenters. The molecule has 1 saturated carbocycles. The van der Waals surface area contributed by atoms with Crippen molar-refractivity contribution < 1.29 is 4.74 Å². The minimum Gasteiger partial charge on any atom is -0.496 e. The number of hydrogen-bond donors (Lipinski definition) is 2. The molecular weight excluding hydrogens is 529 g/mol. The molecule has 182 valence electrons. The number of aryl methyl sites for hydroxylation is 1. The summed E-state index contributed by atoms with van der Waals surface area (Å²) in [6.45, 7) is 5.47. The van der Waals surface area contributed by atoms with E-state index in [4.69, 9.17) is 9.73 Å². The summed E-state index contributed by atoms with van der Waals surface area (Å²) in [5.41, 5.74) is 1.23. The monoisotopic (exact) mass is 567 g/mol. The predicted octanol–water partition coefficient (Wildman–Crippen LogP) is 3.57. The summed E-state index contributed by atoms with van der Waals surface area (Å²) in [5.74, 6) is 3.58. The van der Waals surface area contributed by atoms with E-state index in [0.717, 1.165) is 43.0 Å². The maximum atomic E-state index is 5.70. The number of likely N-dealkylation sites (tertiary alicyclic amines) is 1. The minimum atomic E-state index is 0. The van der Waals surface area contributed by atoms with Crippen LogP contribution in [0.4, 0.5) is 0 Å². The van der Waals surface area contributed by atoms with Crippen molar-refractivity contribution in [1.29, 1.82) is 0 Å². The molecule has 2 fully saturated rings. The Morgan fingerprint density at radius 2 is 1.88 bits per heavy atom. The van der Waals surface area contributed by atoms with Crippen molar-refractivity contribution in [2.75, 3.05) is 26.7 Å². The lowest BCUT2D eigenvalue weighted by Crippen LogP contribution is -2.45. The molecule has 4 rings (SSSR count). The summed E-state index contributed by atoms with van der Waals surface area (Å²) in [6, 6.07) is 9.10. The first-order chi connectivity index (χ1) is 15.7. The van der Waals surface area contributed by atoms with Crippen LogP contribution in [0.15, 0.2) is 29.3 Å². The van der Waals surface area contributed by atoms with Crippen LogP contribution in [0.1, 0.15) is 61.8 Å². The molecule has 2 heterocycles. The van der Waals surface area contributed by atoms with Gasteiger partial charge in [-0.1, -0.05) is 31.0 Å². The standard InChI is InChI=1S/C24H37N7O.HI/c1-18-28-29-23(30(18)2)17-26-24(27-19-10-4-5-11-19)25-16-21(31-14-8-9-15-31)20-12-6-7-13-22(20)32-3;/h6-7,12-13,19,21H,4-5,8-11,14-17H2,1-3H3,(H2,25,26,27);1H. The maximum absolute atomic E-state index is 5.70. The molecule has 0 radical (unpaired) electrons. The van der Waals surface area contributed by atoms with Crippen LogP contribution < -0.4 is 15.4 Å². The van der Waals surface area contributed by atoms with Gasteiger partial charge < -0.3 is 19.9 Å². The van der Waals surface area contributed by atoms with Crippen LogP contribution in [0.5, 0.6) is 5.75 Å². The highest BCUT2D eigenvalue weighted by atomic mass is 127. The molecule has 8 nitrogen and oxygen atoms in total. The van der Waals surface area contributed by atoms with Gasteiger partial charge in [-0.3, -0.25) is 4.90 Å². The lowest BCUT2D eigenvalue weighted by molar-refractivity contribution is 0.239. The van der Waals surface area contributed by atoms with Crippen LogP contribution in [-0.4, -0.2) is 58.4 Å². The van der Waals surface area contributed by atoms with E-state index in [1.54, 1.807) is 7.11 Å². The van der Waals surface area contributed by atoms with Crippen molar-refractivity contribution in [2.45, 2.75) is 64.1 Å². The highest BCUT2D eigenvalue weighted by Crippen LogP contribution is 2.31. The average molecular weight is 568 g/mol. The molecule has 0 bridgehead atoms. The molecule has 1 aromatic carbocycles. The van der Waals surface area contributed by atoms with E-state index in [0.29, 0.717) is 12.6 Å². The van der Waals surface area contributed by atoms with Crippen LogP contribution in [0.25, 0.3) is 0 Å². The fourth-order valence-electron chi connectivity index (χ4n) is 4.78. The van der Waals surface area contributed by atoms with Crippen LogP contribution in [0.3, 0.4) is 0 Å². The van der Waals surface area contributed by atoms with E-state index in [-0.39, 0.29) is 30.0 Å². The first-order valence-electron chi connectivity index (χ1n) is 11.9. The zero-order valence-electron chi connectivity index (χ0n) is 20.1. The quantitative estimate of drug-likeness (QED) is 0.289. The second-order valence-electron chi connectivity index (χ2n) is 8.89. The molecular formula is C24H38IN7O. The first kappa shape index (κ1) is 25.7. The Kier molecular flexibility index (Phi) is 9.78. The number of rotatable bonds is 8. The van der Waals surface area contributed by atoms with Gasteiger partial charge in [0.15, 0.2) is 11.8 Å². The van der Waals surface area contributed by atoms with Crippen LogP contribution in [0.2, 0.25) is 0 Å². The number of aromatic nitrogens is 3. The topological polar surface area (TPSA) is 79.6 Å². The third kappa shape index (κ3) is 6.59. The molecule has 0 amide bonds. The molecule has 2 aromatic rings. The Balaban J connectivity index is 0.00000306. The number of guanidine groups is 1. The Morgan fingerprint density at radius 1 is 1.15 bits per heavy atom. The Hall–Kier alpha value is -1.88. The molecule has 0 spiro atoms. The minimum absolute atomic E-state index is 0. The second-order valence-corrected chi connectivity index (χ2v) is 8.89. The molecule has 1 aliphatic carbocycles. The predicted molar refractivity (Wildman–Crippen MR) is 142 cm³/mol. The number of ether oxygens (including phenoxy) is 1. The number of halogens is 1. The van der Waals surface area contributed by atoms with Crippen molar-refractivity contribution in [1.82, 2.24) is 30.3 Å². The van der Waals surface area contributed by atoms with Gasteiger partial charge in [-0.05, 0) is 51.8 Å². The summed E-state index contributed by atoms with van der Waals surface area (Å²) in [6.07, 6.45) is 7.46. The van der Waals surface area contributed by atoms with Crippen molar-refractivity contribution in [3.05, 3.63) is 41.5 Å². The van der Waals surface area contributed by atoms with Gasteiger partial charge in [0.1, 0.15) is 18.1 Å². The Morgan fingerprint density at radius 3 is 2.55 bits per heavy atom. The van der Waals surface area contributed by atoms with Gasteiger partial charge >= 0.3 is 0 Å². The normalized spacial score (nSPS) is 18.2. The number of nitrogens with zero attached hydrogens (tertiary/aromatic N) is 5. The summed E-state index contributed by atoms with van der Waals surface area (Å²) < 4.78 is 7.70. The zero-order valence-corrected chi connectivity index (χ0v) is 22.4. The maximum Gasteiger partial charge on any atom is 0.191 e. The van der Waals surface area contributed by atoms with Gasteiger partial charge in [-0.2, -0.15) is 0 Å². The molecule has 1 saturated heterocycles. The lowest BCUT2D eigenvalue weighted by atomic mass is 10.0. The van der Waals surface area contributed by atoms with E-state index < -0.39 is 0 Å². The third-order valence-corrected chi connectivity index (χ3v) is 6.80. The van der Waals surface area contributed by atoms with E-state index in [2.05, 4.69) is 43.9 Å². The largest absolute Gasteiger partial charge is 0.496 e. The number of aliphatic imine (C=N–C) groups is 1. The molecule has 1 aliphatic heterocycles. The van der Waals surface area contributed by atoms with E-state index in [9.17, 15) is 0 Å². The number of benzene rings is 1. The van der Waals surface area contributed by atoms with Gasteiger partial charge in [0, 0.05) is 25.2 Å². The number of para-hydroxylation sites is 1. The third-order valence-electron chi connectivity index (χ3n) is 6.80. The van der Waals surface area contributed by atoms with Gasteiger partial charge in [0.25, 0.3) is 0 Å². The molecule has 2 aliphatic rings. The van der Waals surface area contributed by atoms with Crippen molar-refractivity contribution in [3.8, 4) is 5.75 Å². The highest BCUT2D eigenvalue weighted by molar-refractivity contribution is 14.0. The van der Waals surface area contributed by atoms with Gasteiger partial charge in [-0.15, -0.1) is 34.2 Å². The van der Waals surface area contributed by atoms with Crippen molar-refractivity contribution in [3.63, 3.8) is 0 Å². The summed E-state index contributed by atoms with van der Waals surface area (Å²) in [5, 5.41) is 15.8. The van der Waals surface area contributed by atoms with Crippen LogP contribution >= 0.6 is 24.0 Å². The smallest absolute Gasteiger partial charge is 0.191 e. The van der Waals surface area contributed by atoms with Crippen molar-refractivity contribution in [2.24, 2.45) is 12.0 Å². The zero-order chi connectivity index (χ0) is 22.3. The SMILES string of the molecule is COc1ccccc1C(CNC(=NCc1nnc(C)n1C)NC1CCCC1)N1CCCC1.I.